The van der Waals surface area contributed by atoms with E-state index in [0.29, 0.717) is 5.82 Å². The third-order valence-electron chi connectivity index (χ3n) is 5.18. The lowest BCUT2D eigenvalue weighted by atomic mass is 10.2. The summed E-state index contributed by atoms with van der Waals surface area (Å²) in [7, 11) is -1.15. The Morgan fingerprint density at radius 1 is 1.17 bits per heavy atom. The Hall–Kier alpha value is -4.44. The molecule has 3 heterocycles. The molecule has 12 nitrogen and oxygen atoms in total. The highest BCUT2D eigenvalue weighted by atomic mass is 32.2. The van der Waals surface area contributed by atoms with Crippen LogP contribution in [0.15, 0.2) is 53.1 Å². The summed E-state index contributed by atoms with van der Waals surface area (Å²) >= 11 is 0. The minimum absolute atomic E-state index is 0.0662. The minimum Gasteiger partial charge on any atom is -0.506 e. The Bertz CT molecular complexity index is 1530. The van der Waals surface area contributed by atoms with Gasteiger partial charge in [-0.25, -0.2) is 23.4 Å². The lowest BCUT2D eigenvalue weighted by molar-refractivity contribution is 0.404. The zero-order valence-electron chi connectivity index (χ0n) is 19.9. The minimum atomic E-state index is -4.01. The van der Waals surface area contributed by atoms with E-state index in [4.69, 9.17) is 9.47 Å². The fraction of sp³-hybridized carbons (Fsp3) is 0.261. The van der Waals surface area contributed by atoms with Crippen LogP contribution in [0.3, 0.4) is 0 Å². The highest BCUT2D eigenvalue weighted by molar-refractivity contribution is 7.93. The van der Waals surface area contributed by atoms with E-state index in [2.05, 4.69) is 41.3 Å². The largest absolute Gasteiger partial charge is 0.506 e. The fourth-order valence-electron chi connectivity index (χ4n) is 3.28. The quantitative estimate of drug-likeness (QED) is 0.435. The Labute approximate surface area is 207 Å². The van der Waals surface area contributed by atoms with Crippen molar-refractivity contribution in [2.75, 3.05) is 18.9 Å². The molecule has 2 N–H and O–H groups in total. The van der Waals surface area contributed by atoms with E-state index >= 15 is 0 Å². The van der Waals surface area contributed by atoms with Crippen LogP contribution in [0.25, 0.3) is 11.4 Å². The number of ether oxygens (including phenoxy) is 2. The maximum atomic E-state index is 13.2. The number of para-hydroxylation sites is 1. The van der Waals surface area contributed by atoms with Crippen molar-refractivity contribution in [3.8, 4) is 17.2 Å². The molecule has 13 heteroatoms. The van der Waals surface area contributed by atoms with Gasteiger partial charge in [0.1, 0.15) is 23.0 Å². The first kappa shape index (κ1) is 24.7. The average Bonchev–Trinajstić information content (AvgIpc) is 3.27. The predicted molar refractivity (Wildman–Crippen MR) is 132 cm³/mol. The van der Waals surface area contributed by atoms with Crippen LogP contribution in [0.1, 0.15) is 24.1 Å². The van der Waals surface area contributed by atoms with Gasteiger partial charge in [-0.1, -0.05) is 11.8 Å². The zero-order chi connectivity index (χ0) is 25.9. The van der Waals surface area contributed by atoms with Crippen molar-refractivity contribution in [3.63, 3.8) is 0 Å². The molecule has 1 aromatic carbocycles. The monoisotopic (exact) mass is 509 g/mol. The number of aryl methyl sites for hydroxylation is 1. The maximum absolute atomic E-state index is 13.2. The highest BCUT2D eigenvalue weighted by Crippen LogP contribution is 2.36. The van der Waals surface area contributed by atoms with E-state index in [1.54, 1.807) is 24.5 Å². The van der Waals surface area contributed by atoms with Gasteiger partial charge in [0.15, 0.2) is 11.5 Å². The molecule has 1 aliphatic heterocycles. The Kier molecular flexibility index (Phi) is 6.89. The van der Waals surface area contributed by atoms with Gasteiger partial charge in [-0.3, -0.25) is 9.29 Å². The Morgan fingerprint density at radius 2 is 1.92 bits per heavy atom. The van der Waals surface area contributed by atoms with E-state index < -0.39 is 15.3 Å². The van der Waals surface area contributed by atoms with Crippen molar-refractivity contribution in [2.24, 2.45) is 4.99 Å². The number of phenols is 1. The molecule has 0 spiro atoms. The molecule has 0 bridgehead atoms. The molecule has 3 aromatic rings. The summed E-state index contributed by atoms with van der Waals surface area (Å²) in [6, 6.07) is 4.61. The number of methoxy groups -OCH3 is 2. The molecule has 0 fully saturated rings. The van der Waals surface area contributed by atoms with Crippen LogP contribution in [0.5, 0.6) is 11.5 Å². The number of benzene rings is 1. The van der Waals surface area contributed by atoms with Crippen LogP contribution in [0.2, 0.25) is 0 Å². The molecular weight excluding hydrogens is 486 g/mol. The second-order valence-electron chi connectivity index (χ2n) is 7.77. The molecule has 0 saturated heterocycles. The van der Waals surface area contributed by atoms with Crippen LogP contribution in [-0.4, -0.2) is 63.6 Å². The summed E-state index contributed by atoms with van der Waals surface area (Å²) < 4.78 is 40.8. The molecule has 2 aromatic heterocycles. The number of sulfonamides is 1. The summed E-state index contributed by atoms with van der Waals surface area (Å²) in [5.41, 5.74) is 6.69. The van der Waals surface area contributed by atoms with Gasteiger partial charge in [0.25, 0.3) is 0 Å². The molecule has 4 rings (SSSR count). The van der Waals surface area contributed by atoms with Crippen molar-refractivity contribution >= 4 is 27.6 Å². The number of nitrogens with zero attached hydrogens (tertiary/aromatic N) is 6. The first-order chi connectivity index (χ1) is 17.2. The second kappa shape index (κ2) is 10.0. The third-order valence-corrected chi connectivity index (χ3v) is 6.87. The Morgan fingerprint density at radius 3 is 2.61 bits per heavy atom. The lowest BCUT2D eigenvalue weighted by Gasteiger charge is -2.17. The van der Waals surface area contributed by atoms with Gasteiger partial charge < -0.3 is 14.6 Å². The molecule has 0 aliphatic carbocycles. The van der Waals surface area contributed by atoms with Crippen LogP contribution < -0.4 is 9.46 Å². The van der Waals surface area contributed by atoms with E-state index in [-0.39, 0.29) is 47.0 Å². The molecule has 0 saturated carbocycles. The van der Waals surface area contributed by atoms with E-state index in [1.807, 2.05) is 6.92 Å². The number of aliphatic imine (C=N–C) groups is 1. The van der Waals surface area contributed by atoms with Crippen molar-refractivity contribution in [1.82, 2.24) is 24.7 Å². The number of hydrogen-bond donors (Lipinski definition) is 2. The molecule has 0 amide bonds. The topological polar surface area (TPSA) is 154 Å². The van der Waals surface area contributed by atoms with Gasteiger partial charge >= 0.3 is 0 Å². The molecule has 1 atom stereocenters. The molecule has 186 valence electrons. The van der Waals surface area contributed by atoms with Crippen molar-refractivity contribution in [3.05, 3.63) is 65.3 Å². The fourth-order valence-corrected chi connectivity index (χ4v) is 4.24. The van der Waals surface area contributed by atoms with Gasteiger partial charge in [0.05, 0.1) is 25.5 Å². The van der Waals surface area contributed by atoms with E-state index in [0.717, 1.165) is 5.56 Å². The van der Waals surface area contributed by atoms with Crippen LogP contribution in [-0.2, 0) is 21.2 Å². The zero-order valence-corrected chi connectivity index (χ0v) is 20.7. The smallest absolute Gasteiger partial charge is 0.243 e. The summed E-state index contributed by atoms with van der Waals surface area (Å²) in [4.78, 5) is 12.7. The van der Waals surface area contributed by atoms with Crippen LogP contribution in [0.4, 0.5) is 5.95 Å². The third kappa shape index (κ3) is 4.98. The second-order valence-corrected chi connectivity index (χ2v) is 9.86. The van der Waals surface area contributed by atoms with Gasteiger partial charge in [-0.2, -0.15) is 0 Å². The lowest BCUT2D eigenvalue weighted by Crippen LogP contribution is -2.29. The van der Waals surface area contributed by atoms with Crippen molar-refractivity contribution in [2.45, 2.75) is 25.5 Å². The van der Waals surface area contributed by atoms with Gasteiger partial charge in [-0.05, 0) is 37.3 Å². The van der Waals surface area contributed by atoms with Crippen LogP contribution >= 0.6 is 0 Å². The number of aromatic nitrogens is 5. The SMILES string of the molecule is COC1=NC(c2nnc(NS(=O)(=O)[C@H](C)Cc3ncc(C)cn3)n2-c2c(O)cccc2OC)=C=C=C1. The van der Waals surface area contributed by atoms with Crippen molar-refractivity contribution in [1.29, 1.82) is 0 Å². The number of anilines is 1. The van der Waals surface area contributed by atoms with Crippen LogP contribution in [0, 0.1) is 6.92 Å². The number of aromatic hydroxyl groups is 1. The summed E-state index contributed by atoms with van der Waals surface area (Å²) in [6.07, 6.45) is 4.79. The average molecular weight is 510 g/mol. The molecule has 36 heavy (non-hydrogen) atoms. The first-order valence-electron chi connectivity index (χ1n) is 10.7. The van der Waals surface area contributed by atoms with Crippen molar-refractivity contribution < 1.29 is 23.0 Å². The number of hydrogen-bond acceptors (Lipinski definition) is 10. The summed E-state index contributed by atoms with van der Waals surface area (Å²) in [5.74, 6) is 0.523. The summed E-state index contributed by atoms with van der Waals surface area (Å²) in [5, 5.41) is 17.9. The van der Waals surface area contributed by atoms with Gasteiger partial charge in [0, 0.05) is 18.8 Å². The normalized spacial score (nSPS) is 13.7. The van der Waals surface area contributed by atoms with E-state index in [9.17, 15) is 13.5 Å². The summed E-state index contributed by atoms with van der Waals surface area (Å²) in [6.45, 7) is 3.37. The number of rotatable bonds is 8. The number of phenolic OH excluding ortho intramolecular Hbond substituents is 1. The molecule has 0 radical (unpaired) electrons. The van der Waals surface area contributed by atoms with Gasteiger partial charge in [0.2, 0.25) is 21.9 Å². The number of nitrogens with one attached hydrogen (secondary N) is 1. The highest BCUT2D eigenvalue weighted by Gasteiger charge is 2.29. The molecule has 1 aliphatic rings. The molecular formula is C23H23N7O5S. The first-order valence-corrected chi connectivity index (χ1v) is 12.2. The van der Waals surface area contributed by atoms with E-state index in [1.165, 1.54) is 37.9 Å². The maximum Gasteiger partial charge on any atom is 0.243 e. The molecule has 0 unspecified atom stereocenters. The Balaban J connectivity index is 1.80. The predicted octanol–water partition coefficient (Wildman–Crippen LogP) is 2.16. The standard InChI is InChI=1S/C23H23N7O5S/c1-14-12-24-19(25-13-14)11-15(2)36(32,33)29-23-28-27-22(16-7-5-10-20(26-16)35-4)30(23)21-17(31)8-6-9-18(21)34-3/h6,8-10,12-13,15,31H,11H2,1-4H3,(H,28,29)/t15-/m1/s1. The van der Waals surface area contributed by atoms with Gasteiger partial charge in [-0.15, -0.1) is 10.2 Å².